The van der Waals surface area contributed by atoms with E-state index in [2.05, 4.69) is 16.8 Å². The number of hydrogen-bond donors (Lipinski definition) is 2. The second kappa shape index (κ2) is 10.3. The van der Waals surface area contributed by atoms with Crippen molar-refractivity contribution in [3.63, 3.8) is 0 Å². The summed E-state index contributed by atoms with van der Waals surface area (Å²) in [5.74, 6) is 5.86. The van der Waals surface area contributed by atoms with Crippen LogP contribution in [0.25, 0.3) is 0 Å². The average molecular weight is 444 g/mol. The first-order chi connectivity index (χ1) is 15.2. The van der Waals surface area contributed by atoms with Gasteiger partial charge in [-0.3, -0.25) is 9.59 Å². The van der Waals surface area contributed by atoms with Gasteiger partial charge < -0.3 is 24.7 Å². The van der Waals surface area contributed by atoms with E-state index in [0.717, 1.165) is 12.8 Å². The predicted molar refractivity (Wildman–Crippen MR) is 119 cm³/mol. The summed E-state index contributed by atoms with van der Waals surface area (Å²) in [6.07, 6.45) is 3.12. The molecule has 1 aromatic heterocycles. The number of carbonyl (C=O) groups is 2. The van der Waals surface area contributed by atoms with Crippen molar-refractivity contribution < 1.29 is 24.5 Å². The zero-order chi connectivity index (χ0) is 23.4. The number of aromatic nitrogens is 1. The van der Waals surface area contributed by atoms with Crippen LogP contribution in [-0.2, 0) is 4.79 Å². The summed E-state index contributed by atoms with van der Waals surface area (Å²) in [6.45, 7) is 5.90. The highest BCUT2D eigenvalue weighted by Crippen LogP contribution is 2.33. The second-order valence-electron chi connectivity index (χ2n) is 9.07. The summed E-state index contributed by atoms with van der Waals surface area (Å²) in [7, 11) is 1.78. The van der Waals surface area contributed by atoms with Crippen molar-refractivity contribution in [1.29, 1.82) is 0 Å². The summed E-state index contributed by atoms with van der Waals surface area (Å²) in [6, 6.07) is 1.21. The molecule has 8 nitrogen and oxygen atoms in total. The summed E-state index contributed by atoms with van der Waals surface area (Å²) < 4.78 is 6.19. The molecular formula is C24H33N3O5. The Labute approximate surface area is 189 Å². The van der Waals surface area contributed by atoms with Gasteiger partial charge in [-0.2, -0.15) is 0 Å². The summed E-state index contributed by atoms with van der Waals surface area (Å²) >= 11 is 0. The van der Waals surface area contributed by atoms with Crippen LogP contribution in [0.15, 0.2) is 12.3 Å². The molecule has 174 valence electrons. The fourth-order valence-electron chi connectivity index (χ4n) is 3.67. The maximum Gasteiger partial charge on any atom is 0.259 e. The molecule has 1 saturated carbocycles. The van der Waals surface area contributed by atoms with Crippen molar-refractivity contribution in [2.75, 3.05) is 26.7 Å². The van der Waals surface area contributed by atoms with E-state index in [0.29, 0.717) is 31.0 Å². The van der Waals surface area contributed by atoms with Crippen molar-refractivity contribution in [1.82, 2.24) is 14.8 Å². The molecule has 1 aliphatic heterocycles. The zero-order valence-corrected chi connectivity index (χ0v) is 19.2. The van der Waals surface area contributed by atoms with Gasteiger partial charge in [-0.05, 0) is 38.7 Å². The number of ether oxygens (including phenoxy) is 1. The van der Waals surface area contributed by atoms with E-state index in [4.69, 9.17) is 4.74 Å². The molecular weight excluding hydrogens is 410 g/mol. The Balaban J connectivity index is 1.91. The Morgan fingerprint density at radius 3 is 2.75 bits per heavy atom. The lowest BCUT2D eigenvalue weighted by Crippen LogP contribution is -2.50. The molecule has 1 aromatic rings. The molecule has 1 aliphatic carbocycles. The van der Waals surface area contributed by atoms with Gasteiger partial charge >= 0.3 is 0 Å². The number of carbonyl (C=O) groups excluding carboxylic acids is 2. The molecule has 0 spiro atoms. The molecule has 8 heteroatoms. The molecule has 0 unspecified atom stereocenters. The average Bonchev–Trinajstić information content (AvgIpc) is 3.58. The molecule has 2 aliphatic rings. The molecule has 0 bridgehead atoms. The standard InChI is InChI=1S/C24H33N3O5/c1-15-12-27(16(2)14-28)24(31)20-9-19(6-5-17(3)29)11-25-23(20)32-21(15)13-26(4)22(30)10-18-7-8-18/h9,11,15-18,21,28-29H,7-8,10,12-14H2,1-4H3/t15-,16+,17-,21-/m0/s1. The quantitative estimate of drug-likeness (QED) is 0.643. The number of pyridine rings is 1. The van der Waals surface area contributed by atoms with Gasteiger partial charge in [-0.1, -0.05) is 18.8 Å². The first kappa shape index (κ1) is 24.0. The van der Waals surface area contributed by atoms with Crippen LogP contribution in [0, 0.1) is 23.7 Å². The molecule has 0 saturated heterocycles. The number of hydrogen-bond acceptors (Lipinski definition) is 6. The molecule has 2 N–H and O–H groups in total. The van der Waals surface area contributed by atoms with Crippen LogP contribution in [0.5, 0.6) is 5.88 Å². The van der Waals surface area contributed by atoms with Gasteiger partial charge in [-0.15, -0.1) is 0 Å². The van der Waals surface area contributed by atoms with Crippen LogP contribution in [0.2, 0.25) is 0 Å². The van der Waals surface area contributed by atoms with E-state index in [1.54, 1.807) is 36.8 Å². The van der Waals surface area contributed by atoms with Gasteiger partial charge in [-0.25, -0.2) is 4.98 Å². The Bertz CT molecular complexity index is 903. The van der Waals surface area contributed by atoms with E-state index in [1.807, 2.05) is 6.92 Å². The van der Waals surface area contributed by atoms with Crippen LogP contribution in [0.3, 0.4) is 0 Å². The Kier molecular flexibility index (Phi) is 7.75. The number of nitrogens with zero attached hydrogens (tertiary/aromatic N) is 3. The Hall–Kier alpha value is -2.63. The summed E-state index contributed by atoms with van der Waals surface area (Å²) in [4.78, 5) is 33.5. The molecule has 1 fully saturated rings. The fraction of sp³-hybridized carbons (Fsp3) is 0.625. The van der Waals surface area contributed by atoms with Crippen LogP contribution in [0.4, 0.5) is 0 Å². The maximum atomic E-state index is 13.3. The van der Waals surface area contributed by atoms with Crippen molar-refractivity contribution in [3.8, 4) is 17.7 Å². The lowest BCUT2D eigenvalue weighted by atomic mass is 9.99. The minimum atomic E-state index is -0.802. The van der Waals surface area contributed by atoms with E-state index >= 15 is 0 Å². The highest BCUT2D eigenvalue weighted by molar-refractivity contribution is 5.97. The molecule has 0 radical (unpaired) electrons. The van der Waals surface area contributed by atoms with E-state index in [-0.39, 0.29) is 41.9 Å². The van der Waals surface area contributed by atoms with Crippen molar-refractivity contribution in [2.45, 2.75) is 58.3 Å². The number of fused-ring (bicyclic) bond motifs is 1. The third-order valence-electron chi connectivity index (χ3n) is 5.99. The molecule has 3 rings (SSSR count). The van der Waals surface area contributed by atoms with Gasteiger partial charge in [0.05, 0.1) is 19.2 Å². The van der Waals surface area contributed by atoms with Crippen LogP contribution < -0.4 is 4.74 Å². The normalized spacial score (nSPS) is 22.4. The largest absolute Gasteiger partial charge is 0.472 e. The highest BCUT2D eigenvalue weighted by atomic mass is 16.5. The first-order valence-electron chi connectivity index (χ1n) is 11.2. The summed E-state index contributed by atoms with van der Waals surface area (Å²) in [5, 5.41) is 19.2. The monoisotopic (exact) mass is 443 g/mol. The topological polar surface area (TPSA) is 103 Å². The number of aliphatic hydroxyl groups is 2. The molecule has 2 amide bonds. The third kappa shape index (κ3) is 5.99. The van der Waals surface area contributed by atoms with Gasteiger partial charge in [0.2, 0.25) is 11.8 Å². The molecule has 2 heterocycles. The highest BCUT2D eigenvalue weighted by Gasteiger charge is 2.35. The van der Waals surface area contributed by atoms with Crippen LogP contribution in [0.1, 0.15) is 56.0 Å². The maximum absolute atomic E-state index is 13.3. The van der Waals surface area contributed by atoms with E-state index in [9.17, 15) is 19.8 Å². The molecule has 32 heavy (non-hydrogen) atoms. The molecule has 4 atom stereocenters. The fourth-order valence-corrected chi connectivity index (χ4v) is 3.67. The van der Waals surface area contributed by atoms with E-state index in [1.165, 1.54) is 6.20 Å². The Morgan fingerprint density at radius 2 is 2.12 bits per heavy atom. The summed E-state index contributed by atoms with van der Waals surface area (Å²) in [5.41, 5.74) is 0.742. The van der Waals surface area contributed by atoms with Crippen LogP contribution >= 0.6 is 0 Å². The van der Waals surface area contributed by atoms with Crippen molar-refractivity contribution in [2.24, 2.45) is 11.8 Å². The van der Waals surface area contributed by atoms with Crippen LogP contribution in [-0.4, -0.2) is 81.8 Å². The number of amides is 2. The van der Waals surface area contributed by atoms with Crippen molar-refractivity contribution in [3.05, 3.63) is 23.4 Å². The van der Waals surface area contributed by atoms with E-state index < -0.39 is 12.1 Å². The zero-order valence-electron chi connectivity index (χ0n) is 19.2. The van der Waals surface area contributed by atoms with Gasteiger partial charge in [0.25, 0.3) is 5.91 Å². The van der Waals surface area contributed by atoms with Gasteiger partial charge in [0, 0.05) is 37.7 Å². The lowest BCUT2D eigenvalue weighted by molar-refractivity contribution is -0.131. The SMILES string of the molecule is C[C@H](O)C#Cc1cnc2c(c1)C(=O)N([C@H](C)CO)C[C@H](C)[C@H](CN(C)C(=O)CC1CC1)O2. The van der Waals surface area contributed by atoms with Crippen molar-refractivity contribution >= 4 is 11.8 Å². The number of likely N-dealkylation sites (N-methyl/N-ethyl adjacent to an activating group) is 1. The number of rotatable bonds is 6. The molecule has 0 aromatic carbocycles. The predicted octanol–water partition coefficient (Wildman–Crippen LogP) is 1.29. The first-order valence-corrected chi connectivity index (χ1v) is 11.2. The minimum absolute atomic E-state index is 0.0891. The second-order valence-corrected chi connectivity index (χ2v) is 9.07. The smallest absolute Gasteiger partial charge is 0.259 e. The van der Waals surface area contributed by atoms with Gasteiger partial charge in [0.1, 0.15) is 17.8 Å². The van der Waals surface area contributed by atoms with Gasteiger partial charge in [0.15, 0.2) is 0 Å². The lowest BCUT2D eigenvalue weighted by Gasteiger charge is -2.37. The Morgan fingerprint density at radius 1 is 1.41 bits per heavy atom. The third-order valence-corrected chi connectivity index (χ3v) is 5.99. The number of aliphatic hydroxyl groups excluding tert-OH is 2. The minimum Gasteiger partial charge on any atom is -0.472 e.